The normalized spacial score (nSPS) is 29.5. The second-order valence-corrected chi connectivity index (χ2v) is 5.68. The summed E-state index contributed by atoms with van der Waals surface area (Å²) < 4.78 is 5.32. The maximum absolute atomic E-state index is 11.9. The van der Waals surface area contributed by atoms with Crippen molar-refractivity contribution in [1.82, 2.24) is 4.90 Å². The van der Waals surface area contributed by atoms with Crippen LogP contribution in [0, 0.1) is 0 Å². The Kier molecular flexibility index (Phi) is 3.53. The van der Waals surface area contributed by atoms with E-state index >= 15 is 0 Å². The molecule has 16 heavy (non-hydrogen) atoms. The van der Waals surface area contributed by atoms with E-state index in [-0.39, 0.29) is 17.7 Å². The molecule has 0 bridgehead atoms. The number of aliphatic hydroxyl groups excluding tert-OH is 1. The van der Waals surface area contributed by atoms with Gasteiger partial charge in [0.2, 0.25) is 0 Å². The third kappa shape index (κ3) is 2.67. The predicted molar refractivity (Wildman–Crippen MR) is 62.3 cm³/mol. The zero-order valence-electron chi connectivity index (χ0n) is 10.9. The van der Waals surface area contributed by atoms with Crippen molar-refractivity contribution in [3.05, 3.63) is 0 Å². The molecule has 1 aliphatic carbocycles. The van der Waals surface area contributed by atoms with E-state index in [1.165, 1.54) is 0 Å². The number of carbonyl (C=O) groups excluding carboxylic acids is 1. The molecule has 0 heterocycles. The Balaban J connectivity index is 2.63. The molecule has 1 rings (SSSR count). The van der Waals surface area contributed by atoms with Gasteiger partial charge in [0.1, 0.15) is 5.60 Å². The minimum atomic E-state index is -0.470. The largest absolute Gasteiger partial charge is 0.444 e. The summed E-state index contributed by atoms with van der Waals surface area (Å²) in [6.45, 7) is 7.60. The van der Waals surface area contributed by atoms with Crippen LogP contribution in [-0.2, 0) is 4.74 Å². The molecule has 0 saturated heterocycles. The van der Waals surface area contributed by atoms with E-state index in [1.807, 2.05) is 27.7 Å². The number of hydrogen-bond acceptors (Lipinski definition) is 3. The lowest BCUT2D eigenvalue weighted by atomic mass is 9.71. The second-order valence-electron chi connectivity index (χ2n) is 5.68. The highest BCUT2D eigenvalue weighted by atomic mass is 16.6. The van der Waals surface area contributed by atoms with Gasteiger partial charge < -0.3 is 14.7 Å². The summed E-state index contributed by atoms with van der Waals surface area (Å²) in [7, 11) is 1.75. The summed E-state index contributed by atoms with van der Waals surface area (Å²) >= 11 is 0. The number of ether oxygens (including phenoxy) is 1. The van der Waals surface area contributed by atoms with Gasteiger partial charge in [-0.2, -0.15) is 0 Å². The van der Waals surface area contributed by atoms with Gasteiger partial charge in [0.15, 0.2) is 0 Å². The first-order valence-corrected chi connectivity index (χ1v) is 5.85. The highest BCUT2D eigenvalue weighted by Crippen LogP contribution is 2.40. The Morgan fingerprint density at radius 2 is 2.00 bits per heavy atom. The van der Waals surface area contributed by atoms with Crippen molar-refractivity contribution >= 4 is 6.09 Å². The van der Waals surface area contributed by atoms with Crippen LogP contribution in [0.2, 0.25) is 0 Å². The molecule has 4 heteroatoms. The van der Waals surface area contributed by atoms with Gasteiger partial charge in [-0.1, -0.05) is 6.92 Å². The molecule has 94 valence electrons. The fourth-order valence-electron chi connectivity index (χ4n) is 2.14. The highest BCUT2D eigenvalue weighted by molar-refractivity contribution is 5.69. The molecule has 0 aromatic carbocycles. The molecule has 0 aliphatic heterocycles. The van der Waals surface area contributed by atoms with Gasteiger partial charge in [-0.3, -0.25) is 0 Å². The zero-order chi connectivity index (χ0) is 12.6. The number of rotatable bonds is 2. The van der Waals surface area contributed by atoms with Crippen molar-refractivity contribution < 1.29 is 14.6 Å². The van der Waals surface area contributed by atoms with E-state index in [1.54, 1.807) is 11.9 Å². The number of nitrogens with zero attached hydrogens (tertiary/aromatic N) is 1. The van der Waals surface area contributed by atoms with E-state index in [9.17, 15) is 9.90 Å². The average molecular weight is 229 g/mol. The molecule has 1 aliphatic rings. The molecule has 0 aromatic rings. The van der Waals surface area contributed by atoms with E-state index < -0.39 is 5.60 Å². The quantitative estimate of drug-likeness (QED) is 0.789. The van der Waals surface area contributed by atoms with Crippen molar-refractivity contribution in [2.24, 2.45) is 0 Å². The summed E-state index contributed by atoms with van der Waals surface area (Å²) in [6, 6.07) is 0. The Hall–Kier alpha value is -0.770. The molecule has 0 aromatic heterocycles. The predicted octanol–water partition coefficient (Wildman–Crippen LogP) is 2.16. The molecule has 4 nitrogen and oxygen atoms in total. The molecule has 0 unspecified atom stereocenters. The monoisotopic (exact) mass is 229 g/mol. The molecule has 0 radical (unpaired) electrons. The van der Waals surface area contributed by atoms with Crippen molar-refractivity contribution in [2.75, 3.05) is 7.05 Å². The Morgan fingerprint density at radius 1 is 1.50 bits per heavy atom. The molecule has 0 spiro atoms. The Labute approximate surface area is 97.6 Å². The van der Waals surface area contributed by atoms with Crippen LogP contribution in [0.25, 0.3) is 0 Å². The third-order valence-corrected chi connectivity index (χ3v) is 3.27. The number of aliphatic hydroxyl groups is 1. The molecular formula is C12H23NO3. The van der Waals surface area contributed by atoms with Crippen molar-refractivity contribution in [3.8, 4) is 0 Å². The molecular weight excluding hydrogens is 206 g/mol. The lowest BCUT2D eigenvalue weighted by Gasteiger charge is -2.50. The van der Waals surface area contributed by atoms with Gasteiger partial charge >= 0.3 is 6.09 Å². The molecule has 1 saturated carbocycles. The van der Waals surface area contributed by atoms with Crippen LogP contribution in [0.15, 0.2) is 0 Å². The van der Waals surface area contributed by atoms with Crippen LogP contribution >= 0.6 is 0 Å². The number of hydrogen-bond donors (Lipinski definition) is 1. The van der Waals surface area contributed by atoms with Gasteiger partial charge in [0.25, 0.3) is 0 Å². The fraction of sp³-hybridized carbons (Fsp3) is 0.917. The van der Waals surface area contributed by atoms with Crippen molar-refractivity contribution in [3.63, 3.8) is 0 Å². The summed E-state index contributed by atoms with van der Waals surface area (Å²) in [4.78, 5) is 13.5. The number of amides is 1. The average Bonchev–Trinajstić information content (AvgIpc) is 2.08. The highest BCUT2D eigenvalue weighted by Gasteiger charge is 2.47. The SMILES string of the molecule is CCC1(N(C)C(=O)OC(C)(C)C)CC(O)C1. The third-order valence-electron chi connectivity index (χ3n) is 3.27. The van der Waals surface area contributed by atoms with Crippen molar-refractivity contribution in [2.45, 2.75) is 64.2 Å². The minimum absolute atomic E-state index is 0.207. The van der Waals surface area contributed by atoms with E-state index in [0.29, 0.717) is 12.8 Å². The topological polar surface area (TPSA) is 49.8 Å². The van der Waals surface area contributed by atoms with Gasteiger partial charge in [0.05, 0.1) is 11.6 Å². The maximum Gasteiger partial charge on any atom is 0.410 e. The maximum atomic E-state index is 11.9. The molecule has 1 fully saturated rings. The van der Waals surface area contributed by atoms with Crippen LogP contribution in [-0.4, -0.2) is 40.4 Å². The summed E-state index contributed by atoms with van der Waals surface area (Å²) in [6.07, 6.45) is 1.57. The lowest BCUT2D eigenvalue weighted by Crippen LogP contribution is -2.60. The smallest absolute Gasteiger partial charge is 0.410 e. The first kappa shape index (κ1) is 13.3. The first-order chi connectivity index (χ1) is 7.20. The number of carbonyl (C=O) groups is 1. The molecule has 1 N–H and O–H groups in total. The lowest BCUT2D eigenvalue weighted by molar-refractivity contribution is -0.0710. The van der Waals surface area contributed by atoms with Gasteiger partial charge in [0, 0.05) is 7.05 Å². The zero-order valence-corrected chi connectivity index (χ0v) is 10.9. The van der Waals surface area contributed by atoms with Crippen LogP contribution in [0.4, 0.5) is 4.79 Å². The summed E-state index contributed by atoms with van der Waals surface area (Å²) in [5.74, 6) is 0. The summed E-state index contributed by atoms with van der Waals surface area (Å²) in [5.41, 5.74) is -0.676. The van der Waals surface area contributed by atoms with Crippen LogP contribution in [0.1, 0.15) is 47.0 Å². The first-order valence-electron chi connectivity index (χ1n) is 5.85. The Morgan fingerprint density at radius 3 is 2.31 bits per heavy atom. The summed E-state index contributed by atoms with van der Waals surface area (Å²) in [5, 5.41) is 9.40. The van der Waals surface area contributed by atoms with E-state index in [2.05, 4.69) is 0 Å². The van der Waals surface area contributed by atoms with Crippen molar-refractivity contribution in [1.29, 1.82) is 0 Å². The second kappa shape index (κ2) is 4.24. The van der Waals surface area contributed by atoms with E-state index in [0.717, 1.165) is 6.42 Å². The molecule has 0 atom stereocenters. The fourth-order valence-corrected chi connectivity index (χ4v) is 2.14. The Bertz CT molecular complexity index is 264. The van der Waals surface area contributed by atoms with Gasteiger partial charge in [-0.05, 0) is 40.0 Å². The van der Waals surface area contributed by atoms with E-state index in [4.69, 9.17) is 4.74 Å². The van der Waals surface area contributed by atoms with Gasteiger partial charge in [-0.25, -0.2) is 4.79 Å². The van der Waals surface area contributed by atoms with Crippen LogP contribution in [0.3, 0.4) is 0 Å². The van der Waals surface area contributed by atoms with Crippen LogP contribution < -0.4 is 0 Å². The van der Waals surface area contributed by atoms with Crippen LogP contribution in [0.5, 0.6) is 0 Å². The standard InChI is InChI=1S/C12H23NO3/c1-6-12(7-9(14)8-12)13(5)10(15)16-11(2,3)4/h9,14H,6-8H2,1-5H3. The minimum Gasteiger partial charge on any atom is -0.444 e. The molecule has 1 amide bonds. The van der Waals surface area contributed by atoms with Gasteiger partial charge in [-0.15, -0.1) is 0 Å².